The molecule has 0 aliphatic carbocycles. The normalized spacial score (nSPS) is 12.9. The fourth-order valence-corrected chi connectivity index (χ4v) is 3.29. The highest BCUT2D eigenvalue weighted by Gasteiger charge is 2.27. The summed E-state index contributed by atoms with van der Waals surface area (Å²) >= 11 is 0. The second kappa shape index (κ2) is 5.73. The Kier molecular flexibility index (Phi) is 3.43. The molecular weight excluding hydrogens is 282 g/mol. The number of fused-ring (bicyclic) bond motifs is 2. The van der Waals surface area contributed by atoms with E-state index in [4.69, 9.17) is 0 Å². The van der Waals surface area contributed by atoms with Crippen LogP contribution in [0.15, 0.2) is 78.9 Å². The summed E-state index contributed by atoms with van der Waals surface area (Å²) in [7, 11) is 0. The van der Waals surface area contributed by atoms with Gasteiger partial charge in [-0.05, 0) is 23.3 Å². The van der Waals surface area contributed by atoms with Gasteiger partial charge in [0.2, 0.25) is 0 Å². The lowest BCUT2D eigenvalue weighted by atomic mass is 9.82. The first kappa shape index (κ1) is 13.8. The largest absolute Gasteiger partial charge is 0.355 e. The Morgan fingerprint density at radius 2 is 1.26 bits per heavy atom. The molecule has 0 fully saturated rings. The van der Waals surface area contributed by atoms with Crippen LogP contribution in [-0.4, -0.2) is 5.78 Å². The molecule has 3 aromatic rings. The Labute approximate surface area is 135 Å². The molecule has 3 aromatic carbocycles. The van der Waals surface area contributed by atoms with Crippen LogP contribution in [0.4, 0.5) is 11.4 Å². The zero-order valence-electron chi connectivity index (χ0n) is 12.7. The molecule has 23 heavy (non-hydrogen) atoms. The molecule has 0 spiro atoms. The molecule has 2 heteroatoms. The third kappa shape index (κ3) is 2.53. The molecular formula is C21H17NO. The Balaban J connectivity index is 1.74. The van der Waals surface area contributed by atoms with Crippen LogP contribution >= 0.6 is 0 Å². The number of carbonyl (C=O) groups excluding carboxylic acids is 1. The van der Waals surface area contributed by atoms with E-state index in [0.717, 1.165) is 16.9 Å². The number of nitrogens with one attached hydrogen (secondary N) is 1. The molecule has 1 heterocycles. The summed E-state index contributed by atoms with van der Waals surface area (Å²) in [6, 6.07) is 26.0. The molecule has 0 radical (unpaired) electrons. The monoisotopic (exact) mass is 299 g/mol. The Morgan fingerprint density at radius 3 is 1.87 bits per heavy atom. The van der Waals surface area contributed by atoms with E-state index in [1.54, 1.807) is 0 Å². The summed E-state index contributed by atoms with van der Waals surface area (Å²) in [5, 5.41) is 3.47. The molecule has 2 nitrogen and oxygen atoms in total. The summed E-state index contributed by atoms with van der Waals surface area (Å²) in [6.45, 7) is 0. The number of carbonyl (C=O) groups is 1. The molecule has 0 atom stereocenters. The quantitative estimate of drug-likeness (QED) is 0.678. The molecule has 0 bridgehead atoms. The summed E-state index contributed by atoms with van der Waals surface area (Å²) in [4.78, 5) is 12.7. The van der Waals surface area contributed by atoms with Crippen molar-refractivity contribution in [2.24, 2.45) is 0 Å². The first-order valence-electron chi connectivity index (χ1n) is 7.86. The van der Waals surface area contributed by atoms with Gasteiger partial charge < -0.3 is 5.32 Å². The lowest BCUT2D eigenvalue weighted by molar-refractivity contribution is 0.0977. The number of Topliss-reactive ketones (excluding diaryl/α,β-unsaturated/α-hetero) is 1. The second-order valence-corrected chi connectivity index (χ2v) is 5.85. The van der Waals surface area contributed by atoms with Crippen LogP contribution in [0, 0.1) is 0 Å². The van der Waals surface area contributed by atoms with Gasteiger partial charge in [0.1, 0.15) is 0 Å². The number of rotatable bonds is 3. The number of hydrogen-bond acceptors (Lipinski definition) is 2. The van der Waals surface area contributed by atoms with Gasteiger partial charge in [0.15, 0.2) is 5.78 Å². The van der Waals surface area contributed by atoms with E-state index in [1.807, 2.05) is 54.6 Å². The summed E-state index contributed by atoms with van der Waals surface area (Å²) in [6.07, 6.45) is 0.486. The summed E-state index contributed by atoms with van der Waals surface area (Å²) in [5.41, 5.74) is 5.35. The van der Waals surface area contributed by atoms with Crippen molar-refractivity contribution < 1.29 is 4.79 Å². The van der Waals surface area contributed by atoms with Crippen molar-refractivity contribution in [3.05, 3.63) is 95.6 Å². The fraction of sp³-hybridized carbons (Fsp3) is 0.0952. The molecule has 0 unspecified atom stereocenters. The van der Waals surface area contributed by atoms with Gasteiger partial charge >= 0.3 is 0 Å². The summed E-state index contributed by atoms with van der Waals surface area (Å²) in [5.74, 6) is 0.276. The molecule has 1 aliphatic rings. The van der Waals surface area contributed by atoms with Crippen LogP contribution in [0.5, 0.6) is 0 Å². The average Bonchev–Trinajstić information content (AvgIpc) is 2.62. The molecule has 0 aromatic heterocycles. The number of anilines is 2. The average molecular weight is 299 g/mol. The third-order valence-electron chi connectivity index (χ3n) is 4.43. The molecule has 0 saturated carbocycles. The van der Waals surface area contributed by atoms with Crippen molar-refractivity contribution >= 4 is 17.2 Å². The highest BCUT2D eigenvalue weighted by atomic mass is 16.1. The van der Waals surface area contributed by atoms with Crippen LogP contribution < -0.4 is 5.32 Å². The molecule has 112 valence electrons. The van der Waals surface area contributed by atoms with Gasteiger partial charge in [-0.1, -0.05) is 66.7 Å². The SMILES string of the molecule is O=C(CC1c2ccccc2Nc2ccccc21)c1ccccc1. The van der Waals surface area contributed by atoms with Crippen molar-refractivity contribution in [2.45, 2.75) is 12.3 Å². The van der Waals surface area contributed by atoms with Gasteiger partial charge in [-0.25, -0.2) is 0 Å². The second-order valence-electron chi connectivity index (χ2n) is 5.85. The first-order chi connectivity index (χ1) is 11.3. The van der Waals surface area contributed by atoms with Crippen LogP contribution in [-0.2, 0) is 0 Å². The predicted molar refractivity (Wildman–Crippen MR) is 93.4 cm³/mol. The van der Waals surface area contributed by atoms with Gasteiger partial charge in [0.05, 0.1) is 0 Å². The van der Waals surface area contributed by atoms with Crippen molar-refractivity contribution in [2.75, 3.05) is 5.32 Å². The maximum Gasteiger partial charge on any atom is 0.163 e. The van der Waals surface area contributed by atoms with Crippen LogP contribution in [0.1, 0.15) is 33.8 Å². The number of para-hydroxylation sites is 2. The van der Waals surface area contributed by atoms with E-state index >= 15 is 0 Å². The molecule has 4 rings (SSSR count). The van der Waals surface area contributed by atoms with Crippen LogP contribution in [0.25, 0.3) is 0 Å². The molecule has 0 saturated heterocycles. The van der Waals surface area contributed by atoms with E-state index in [0.29, 0.717) is 6.42 Å². The van der Waals surface area contributed by atoms with Crippen molar-refractivity contribution in [1.29, 1.82) is 0 Å². The van der Waals surface area contributed by atoms with E-state index in [1.165, 1.54) is 11.1 Å². The zero-order chi connectivity index (χ0) is 15.6. The van der Waals surface area contributed by atoms with E-state index < -0.39 is 0 Å². The minimum Gasteiger partial charge on any atom is -0.355 e. The van der Waals surface area contributed by atoms with E-state index in [9.17, 15) is 4.79 Å². The van der Waals surface area contributed by atoms with Gasteiger partial charge in [-0.15, -0.1) is 0 Å². The van der Waals surface area contributed by atoms with Gasteiger partial charge in [0.25, 0.3) is 0 Å². The van der Waals surface area contributed by atoms with Crippen molar-refractivity contribution in [3.63, 3.8) is 0 Å². The van der Waals surface area contributed by atoms with Gasteiger partial charge in [0, 0.05) is 29.3 Å². The van der Waals surface area contributed by atoms with Crippen LogP contribution in [0.2, 0.25) is 0 Å². The van der Waals surface area contributed by atoms with Gasteiger partial charge in [-0.2, -0.15) is 0 Å². The number of benzene rings is 3. The Hall–Kier alpha value is -2.87. The molecule has 1 N–H and O–H groups in total. The topological polar surface area (TPSA) is 29.1 Å². The summed E-state index contributed by atoms with van der Waals surface area (Å²) < 4.78 is 0. The third-order valence-corrected chi connectivity index (χ3v) is 4.43. The predicted octanol–water partition coefficient (Wildman–Crippen LogP) is 5.15. The smallest absolute Gasteiger partial charge is 0.163 e. The first-order valence-corrected chi connectivity index (χ1v) is 7.86. The lowest BCUT2D eigenvalue weighted by Gasteiger charge is -2.29. The number of hydrogen-bond donors (Lipinski definition) is 1. The highest BCUT2D eigenvalue weighted by molar-refractivity contribution is 5.97. The lowest BCUT2D eigenvalue weighted by Crippen LogP contribution is -2.16. The fourth-order valence-electron chi connectivity index (χ4n) is 3.29. The van der Waals surface area contributed by atoms with Gasteiger partial charge in [-0.3, -0.25) is 4.79 Å². The Morgan fingerprint density at radius 1 is 0.739 bits per heavy atom. The molecule has 0 amide bonds. The number of ketones is 1. The van der Waals surface area contributed by atoms with Crippen LogP contribution in [0.3, 0.4) is 0 Å². The minimum absolute atomic E-state index is 0.0938. The van der Waals surface area contributed by atoms with Crippen molar-refractivity contribution in [3.8, 4) is 0 Å². The maximum atomic E-state index is 12.7. The Bertz CT molecular complexity index is 809. The van der Waals surface area contributed by atoms with E-state index in [2.05, 4.69) is 29.6 Å². The zero-order valence-corrected chi connectivity index (χ0v) is 12.7. The minimum atomic E-state index is 0.0938. The van der Waals surface area contributed by atoms with E-state index in [-0.39, 0.29) is 11.7 Å². The highest BCUT2D eigenvalue weighted by Crippen LogP contribution is 2.43. The standard InChI is InChI=1S/C21H17NO/c23-21(15-8-2-1-3-9-15)14-18-16-10-4-6-12-19(16)22-20-13-7-5-11-17(18)20/h1-13,18,22H,14H2. The molecule has 1 aliphatic heterocycles. The maximum absolute atomic E-state index is 12.7. The van der Waals surface area contributed by atoms with Crippen molar-refractivity contribution in [1.82, 2.24) is 0 Å².